The lowest BCUT2D eigenvalue weighted by Crippen LogP contribution is -1.69. The first-order chi connectivity index (χ1) is 11.7. The maximum atomic E-state index is 9.65. The molecule has 118 valence electrons. The molecular weight excluding hydrogens is 304 g/mol. The van der Waals surface area contributed by atoms with Gasteiger partial charge >= 0.3 is 0 Å². The lowest BCUT2D eigenvalue weighted by Gasteiger charge is -1.98. The van der Waals surface area contributed by atoms with Gasteiger partial charge in [-0.1, -0.05) is 18.2 Å². The molecular formula is C18H14N4O2. The molecule has 2 N–H and O–H groups in total. The van der Waals surface area contributed by atoms with Crippen molar-refractivity contribution < 1.29 is 10.2 Å². The minimum atomic E-state index is -0.132. The molecule has 0 bridgehead atoms. The van der Waals surface area contributed by atoms with E-state index in [1.54, 1.807) is 24.3 Å². The van der Waals surface area contributed by atoms with Crippen molar-refractivity contribution in [3.05, 3.63) is 72.8 Å². The highest BCUT2D eigenvalue weighted by molar-refractivity contribution is 5.54. The number of aromatic hydroxyl groups is 2. The van der Waals surface area contributed by atoms with E-state index in [4.69, 9.17) is 0 Å². The third-order valence-corrected chi connectivity index (χ3v) is 3.12. The Morgan fingerprint density at radius 3 is 1.67 bits per heavy atom. The molecule has 0 unspecified atom stereocenters. The number of hydrogen-bond donors (Lipinski definition) is 2. The van der Waals surface area contributed by atoms with Crippen LogP contribution in [0.3, 0.4) is 0 Å². The topological polar surface area (TPSA) is 89.9 Å². The predicted molar refractivity (Wildman–Crippen MR) is 91.0 cm³/mol. The second-order valence-electron chi connectivity index (χ2n) is 4.92. The largest absolute Gasteiger partial charge is 0.508 e. The van der Waals surface area contributed by atoms with Crippen LogP contribution in [0.5, 0.6) is 11.5 Å². The monoisotopic (exact) mass is 318 g/mol. The quantitative estimate of drug-likeness (QED) is 0.584. The first-order valence-electron chi connectivity index (χ1n) is 7.21. The van der Waals surface area contributed by atoms with Gasteiger partial charge in [-0.05, 0) is 48.5 Å². The zero-order valence-corrected chi connectivity index (χ0v) is 12.6. The van der Waals surface area contributed by atoms with E-state index in [0.717, 1.165) is 5.69 Å². The van der Waals surface area contributed by atoms with Gasteiger partial charge in [0.25, 0.3) is 0 Å². The fourth-order valence-corrected chi connectivity index (χ4v) is 1.90. The van der Waals surface area contributed by atoms with E-state index in [1.165, 1.54) is 18.2 Å². The van der Waals surface area contributed by atoms with Crippen LogP contribution >= 0.6 is 0 Å². The summed E-state index contributed by atoms with van der Waals surface area (Å²) < 4.78 is 0. The molecule has 0 radical (unpaired) electrons. The van der Waals surface area contributed by atoms with Crippen LogP contribution in [0.15, 0.2) is 93.3 Å². The predicted octanol–water partition coefficient (Wildman–Crippen LogP) is 5.93. The molecule has 3 aromatic rings. The van der Waals surface area contributed by atoms with E-state index in [0.29, 0.717) is 11.4 Å². The molecule has 0 aromatic heterocycles. The van der Waals surface area contributed by atoms with Crippen molar-refractivity contribution in [3.8, 4) is 11.5 Å². The Balaban J connectivity index is 1.70. The summed E-state index contributed by atoms with van der Waals surface area (Å²) in [7, 11) is 0. The van der Waals surface area contributed by atoms with Crippen molar-refractivity contribution in [2.75, 3.05) is 0 Å². The molecule has 6 nitrogen and oxygen atoms in total. The molecule has 0 aliphatic rings. The molecule has 0 aliphatic carbocycles. The van der Waals surface area contributed by atoms with Crippen molar-refractivity contribution >= 4 is 22.7 Å². The van der Waals surface area contributed by atoms with Crippen LogP contribution in [-0.4, -0.2) is 10.2 Å². The maximum Gasteiger partial charge on any atom is 0.146 e. The molecule has 24 heavy (non-hydrogen) atoms. The number of hydrogen-bond acceptors (Lipinski definition) is 6. The van der Waals surface area contributed by atoms with Crippen LogP contribution < -0.4 is 0 Å². The van der Waals surface area contributed by atoms with E-state index in [-0.39, 0.29) is 17.2 Å². The van der Waals surface area contributed by atoms with Crippen LogP contribution in [0, 0.1) is 0 Å². The zero-order chi connectivity index (χ0) is 16.8. The Morgan fingerprint density at radius 2 is 1.08 bits per heavy atom. The summed E-state index contributed by atoms with van der Waals surface area (Å²) in [6, 6.07) is 20.6. The summed E-state index contributed by atoms with van der Waals surface area (Å²) >= 11 is 0. The molecule has 0 amide bonds. The fraction of sp³-hybridized carbons (Fsp3) is 0. The Kier molecular flexibility index (Phi) is 4.57. The molecule has 0 spiro atoms. The standard InChI is InChI=1S/C18H14N4O2/c23-16-10-11-17(18(24)12-16)22-21-15-8-6-14(7-9-15)20-19-13-4-2-1-3-5-13/h1-12,23-24H. The lowest BCUT2D eigenvalue weighted by molar-refractivity contribution is 0.451. The maximum absolute atomic E-state index is 9.65. The molecule has 0 saturated carbocycles. The summed E-state index contributed by atoms with van der Waals surface area (Å²) in [5, 5.41) is 35.2. The van der Waals surface area contributed by atoms with Gasteiger partial charge < -0.3 is 10.2 Å². The van der Waals surface area contributed by atoms with Gasteiger partial charge in [0.1, 0.15) is 17.2 Å². The van der Waals surface area contributed by atoms with Gasteiger partial charge in [-0.25, -0.2) is 0 Å². The Bertz CT molecular complexity index is 875. The van der Waals surface area contributed by atoms with Crippen LogP contribution in [0.1, 0.15) is 0 Å². The normalized spacial score (nSPS) is 11.3. The molecule has 3 aromatic carbocycles. The van der Waals surface area contributed by atoms with Crippen LogP contribution in [0.4, 0.5) is 22.7 Å². The SMILES string of the molecule is Oc1ccc(N=Nc2ccc(N=Nc3ccccc3)cc2)c(O)c1. The number of nitrogens with zero attached hydrogens (tertiary/aromatic N) is 4. The number of benzene rings is 3. The van der Waals surface area contributed by atoms with Crippen LogP contribution in [-0.2, 0) is 0 Å². The van der Waals surface area contributed by atoms with Gasteiger partial charge in [-0.2, -0.15) is 15.3 Å². The summed E-state index contributed by atoms with van der Waals surface area (Å²) in [4.78, 5) is 0. The number of phenolic OH excluding ortho intramolecular Hbond substituents is 2. The molecule has 0 saturated heterocycles. The van der Waals surface area contributed by atoms with E-state index in [2.05, 4.69) is 20.5 Å². The summed E-state index contributed by atoms with van der Waals surface area (Å²) in [6.45, 7) is 0. The van der Waals surface area contributed by atoms with E-state index >= 15 is 0 Å². The molecule has 0 heterocycles. The second-order valence-corrected chi connectivity index (χ2v) is 4.92. The first kappa shape index (κ1) is 15.4. The highest BCUT2D eigenvalue weighted by Crippen LogP contribution is 2.31. The summed E-state index contributed by atoms with van der Waals surface area (Å²) in [5.41, 5.74) is 2.37. The molecule has 3 rings (SSSR count). The lowest BCUT2D eigenvalue weighted by atomic mass is 10.3. The van der Waals surface area contributed by atoms with Crippen molar-refractivity contribution in [2.45, 2.75) is 0 Å². The first-order valence-corrected chi connectivity index (χ1v) is 7.21. The average molecular weight is 318 g/mol. The molecule has 0 aliphatic heterocycles. The van der Waals surface area contributed by atoms with Gasteiger partial charge in [-0.3, -0.25) is 0 Å². The van der Waals surface area contributed by atoms with Crippen molar-refractivity contribution in [2.24, 2.45) is 20.5 Å². The Labute approximate surface area is 138 Å². The molecule has 0 atom stereocenters. The molecule has 0 fully saturated rings. The van der Waals surface area contributed by atoms with Crippen molar-refractivity contribution in [3.63, 3.8) is 0 Å². The van der Waals surface area contributed by atoms with Gasteiger partial charge in [0, 0.05) is 6.07 Å². The van der Waals surface area contributed by atoms with Gasteiger partial charge in [0.05, 0.1) is 17.1 Å². The average Bonchev–Trinajstić information content (AvgIpc) is 2.61. The van der Waals surface area contributed by atoms with E-state index < -0.39 is 0 Å². The van der Waals surface area contributed by atoms with E-state index in [1.807, 2.05) is 30.3 Å². The van der Waals surface area contributed by atoms with Crippen molar-refractivity contribution in [1.82, 2.24) is 0 Å². The van der Waals surface area contributed by atoms with Gasteiger partial charge in [0.15, 0.2) is 0 Å². The van der Waals surface area contributed by atoms with Crippen LogP contribution in [0.25, 0.3) is 0 Å². The third-order valence-electron chi connectivity index (χ3n) is 3.12. The third kappa shape index (κ3) is 4.01. The van der Waals surface area contributed by atoms with Crippen LogP contribution in [0.2, 0.25) is 0 Å². The second kappa shape index (κ2) is 7.15. The van der Waals surface area contributed by atoms with Crippen molar-refractivity contribution in [1.29, 1.82) is 0 Å². The smallest absolute Gasteiger partial charge is 0.146 e. The minimum absolute atomic E-state index is 0.0282. The van der Waals surface area contributed by atoms with E-state index in [9.17, 15) is 10.2 Å². The highest BCUT2D eigenvalue weighted by atomic mass is 16.3. The Morgan fingerprint density at radius 1 is 0.542 bits per heavy atom. The fourth-order valence-electron chi connectivity index (χ4n) is 1.90. The number of phenols is 2. The Hall–Kier alpha value is -3.54. The summed E-state index contributed by atoms with van der Waals surface area (Å²) in [6.07, 6.45) is 0. The zero-order valence-electron chi connectivity index (χ0n) is 12.6. The highest BCUT2D eigenvalue weighted by Gasteiger charge is 2.00. The minimum Gasteiger partial charge on any atom is -0.508 e. The molecule has 6 heteroatoms. The number of azo groups is 2. The summed E-state index contributed by atoms with van der Waals surface area (Å²) in [5.74, 6) is -0.161. The van der Waals surface area contributed by atoms with Gasteiger partial charge in [0.2, 0.25) is 0 Å². The van der Waals surface area contributed by atoms with Gasteiger partial charge in [-0.15, -0.1) is 5.11 Å². The number of rotatable bonds is 4.